The van der Waals surface area contributed by atoms with Crippen molar-refractivity contribution in [2.45, 2.75) is 64.9 Å². The van der Waals surface area contributed by atoms with Crippen LogP contribution in [0.3, 0.4) is 0 Å². The minimum Gasteiger partial charge on any atom is -0.496 e. The number of rotatable bonds is 6. The van der Waals surface area contributed by atoms with E-state index >= 15 is 0 Å². The van der Waals surface area contributed by atoms with E-state index in [1.54, 1.807) is 11.4 Å². The van der Waals surface area contributed by atoms with Crippen LogP contribution in [0.5, 0.6) is 5.75 Å². The van der Waals surface area contributed by atoms with Gasteiger partial charge in [-0.2, -0.15) is 4.31 Å². The summed E-state index contributed by atoms with van der Waals surface area (Å²) in [5.41, 5.74) is 5.34. The van der Waals surface area contributed by atoms with E-state index in [0.29, 0.717) is 16.2 Å². The van der Waals surface area contributed by atoms with Gasteiger partial charge < -0.3 is 4.74 Å². The van der Waals surface area contributed by atoms with Crippen molar-refractivity contribution in [3.63, 3.8) is 0 Å². The highest BCUT2D eigenvalue weighted by Gasteiger charge is 2.49. The molecule has 1 aliphatic heterocycles. The Kier molecular flexibility index (Phi) is 6.17. The van der Waals surface area contributed by atoms with Crippen LogP contribution in [0, 0.1) is 33.6 Å². The molecule has 4 nitrogen and oxygen atoms in total. The SMILES string of the molecule is C=C(c1ccc(C)cc1)[C@@H]1C[C@H](C(C)C)N1S(=O)(=O)c1c(C)cc(OC)c(C)c1C. The van der Waals surface area contributed by atoms with Gasteiger partial charge in [-0.3, -0.25) is 0 Å². The molecule has 162 valence electrons. The summed E-state index contributed by atoms with van der Waals surface area (Å²) in [6.07, 6.45) is 0.789. The Morgan fingerprint density at radius 1 is 1.10 bits per heavy atom. The molecule has 0 aliphatic carbocycles. The molecular weight excluding hydrogens is 394 g/mol. The molecule has 0 bridgehead atoms. The third-order valence-electron chi connectivity index (χ3n) is 6.43. The number of ether oxygens (including phenoxy) is 1. The molecule has 1 saturated heterocycles. The molecular formula is C25H33NO3S. The summed E-state index contributed by atoms with van der Waals surface area (Å²) >= 11 is 0. The standard InChI is InChI=1S/C25H33NO3S/c1-15(2)22-14-23(20(7)21-11-9-16(3)10-12-21)26(22)30(27,28)25-17(4)13-24(29-8)18(5)19(25)6/h9-13,15,22-23H,7,14H2,1-6,8H3/t22-,23+/m1/s1. The number of hydrogen-bond acceptors (Lipinski definition) is 3. The Balaban J connectivity index is 2.08. The van der Waals surface area contributed by atoms with Gasteiger partial charge >= 0.3 is 0 Å². The van der Waals surface area contributed by atoms with Gasteiger partial charge in [0.05, 0.1) is 18.0 Å². The van der Waals surface area contributed by atoms with Crippen LogP contribution in [0.4, 0.5) is 0 Å². The molecule has 3 rings (SSSR count). The first-order valence-electron chi connectivity index (χ1n) is 10.4. The zero-order valence-electron chi connectivity index (χ0n) is 19.1. The van der Waals surface area contributed by atoms with Gasteiger partial charge in [-0.15, -0.1) is 0 Å². The van der Waals surface area contributed by atoms with Gasteiger partial charge in [0.1, 0.15) is 5.75 Å². The van der Waals surface area contributed by atoms with E-state index in [0.717, 1.165) is 28.7 Å². The largest absolute Gasteiger partial charge is 0.496 e. The number of sulfonamides is 1. The summed E-state index contributed by atoms with van der Waals surface area (Å²) in [5.74, 6) is 0.940. The average Bonchev–Trinajstić information content (AvgIpc) is 2.63. The Morgan fingerprint density at radius 3 is 2.23 bits per heavy atom. The highest BCUT2D eigenvalue weighted by atomic mass is 32.2. The third kappa shape index (κ3) is 3.69. The minimum absolute atomic E-state index is 0.0385. The zero-order valence-corrected chi connectivity index (χ0v) is 19.9. The van der Waals surface area contributed by atoms with Gasteiger partial charge in [-0.25, -0.2) is 8.42 Å². The van der Waals surface area contributed by atoms with Crippen molar-refractivity contribution in [3.05, 3.63) is 64.7 Å². The Hall–Kier alpha value is -2.11. The summed E-state index contributed by atoms with van der Waals surface area (Å²) in [7, 11) is -2.09. The lowest BCUT2D eigenvalue weighted by Gasteiger charge is -2.50. The maximum Gasteiger partial charge on any atom is 0.244 e. The summed E-state index contributed by atoms with van der Waals surface area (Å²) in [4.78, 5) is 0.396. The van der Waals surface area contributed by atoms with E-state index in [9.17, 15) is 8.42 Å². The normalized spacial score (nSPS) is 19.6. The van der Waals surface area contributed by atoms with E-state index in [-0.39, 0.29) is 18.0 Å². The molecule has 2 aromatic rings. The van der Waals surface area contributed by atoms with Crippen molar-refractivity contribution in [2.24, 2.45) is 5.92 Å². The van der Waals surface area contributed by atoms with Crippen molar-refractivity contribution >= 4 is 15.6 Å². The maximum atomic E-state index is 14.0. The monoisotopic (exact) mass is 427 g/mol. The van der Waals surface area contributed by atoms with Crippen molar-refractivity contribution in [1.82, 2.24) is 4.31 Å². The summed E-state index contributed by atoms with van der Waals surface area (Å²) in [6, 6.07) is 9.69. The van der Waals surface area contributed by atoms with Crippen molar-refractivity contribution in [3.8, 4) is 5.75 Å². The van der Waals surface area contributed by atoms with Crippen molar-refractivity contribution < 1.29 is 13.2 Å². The topological polar surface area (TPSA) is 46.6 Å². The van der Waals surface area contributed by atoms with Crippen LogP contribution < -0.4 is 4.74 Å². The Labute approximate surface area is 181 Å². The molecule has 2 aromatic carbocycles. The molecule has 1 aliphatic rings. The van der Waals surface area contributed by atoms with Gasteiger partial charge in [0.25, 0.3) is 0 Å². The molecule has 0 aromatic heterocycles. The van der Waals surface area contributed by atoms with Crippen molar-refractivity contribution in [2.75, 3.05) is 7.11 Å². The predicted molar refractivity (Wildman–Crippen MR) is 123 cm³/mol. The predicted octanol–water partition coefficient (Wildman–Crippen LogP) is 5.43. The zero-order chi connectivity index (χ0) is 22.4. The molecule has 2 atom stereocenters. The van der Waals surface area contributed by atoms with Crippen LogP contribution in [0.2, 0.25) is 0 Å². The van der Waals surface area contributed by atoms with Crippen LogP contribution in [0.1, 0.15) is 48.1 Å². The van der Waals surface area contributed by atoms with Crippen LogP contribution in [-0.2, 0) is 10.0 Å². The van der Waals surface area contributed by atoms with Crippen LogP contribution in [0.15, 0.2) is 41.8 Å². The number of hydrogen-bond donors (Lipinski definition) is 0. The average molecular weight is 428 g/mol. The Bertz CT molecular complexity index is 1070. The smallest absolute Gasteiger partial charge is 0.244 e. The Morgan fingerprint density at radius 2 is 1.70 bits per heavy atom. The number of nitrogens with zero attached hydrogens (tertiary/aromatic N) is 1. The number of aryl methyl sites for hydroxylation is 2. The lowest BCUT2D eigenvalue weighted by molar-refractivity contribution is 0.110. The van der Waals surface area contributed by atoms with Crippen molar-refractivity contribution in [1.29, 1.82) is 0 Å². The first-order chi connectivity index (χ1) is 14.0. The number of methoxy groups -OCH3 is 1. The lowest BCUT2D eigenvalue weighted by Crippen LogP contribution is -2.60. The molecule has 1 fully saturated rings. The maximum absolute atomic E-state index is 14.0. The second-order valence-electron chi connectivity index (χ2n) is 8.76. The molecule has 0 radical (unpaired) electrons. The summed E-state index contributed by atoms with van der Waals surface area (Å²) < 4.78 is 35.1. The van der Waals surface area contributed by atoms with Gasteiger partial charge in [-0.1, -0.05) is 50.3 Å². The highest BCUT2D eigenvalue weighted by Crippen LogP contribution is 2.44. The van der Waals surface area contributed by atoms with E-state index < -0.39 is 10.0 Å². The highest BCUT2D eigenvalue weighted by molar-refractivity contribution is 7.89. The third-order valence-corrected chi connectivity index (χ3v) is 8.65. The van der Waals surface area contributed by atoms with Gasteiger partial charge in [0, 0.05) is 6.04 Å². The van der Waals surface area contributed by atoms with Gasteiger partial charge in [-0.05, 0) is 73.9 Å². The first-order valence-corrected chi connectivity index (χ1v) is 11.9. The molecule has 5 heteroatoms. The second kappa shape index (κ2) is 8.20. The van der Waals surface area contributed by atoms with E-state index in [1.165, 1.54) is 5.56 Å². The van der Waals surface area contributed by atoms with Gasteiger partial charge in [0.15, 0.2) is 0 Å². The van der Waals surface area contributed by atoms with Crippen LogP contribution >= 0.6 is 0 Å². The fraction of sp³-hybridized carbons (Fsp3) is 0.440. The quantitative estimate of drug-likeness (QED) is 0.617. The molecule has 0 unspecified atom stereocenters. The summed E-state index contributed by atoms with van der Waals surface area (Å²) in [5, 5.41) is 0. The molecule has 30 heavy (non-hydrogen) atoms. The fourth-order valence-electron chi connectivity index (χ4n) is 4.43. The number of benzene rings is 2. The molecule has 0 spiro atoms. The van der Waals surface area contributed by atoms with E-state index in [4.69, 9.17) is 4.74 Å². The minimum atomic E-state index is -3.70. The van der Waals surface area contributed by atoms with Gasteiger partial charge in [0.2, 0.25) is 10.0 Å². The van der Waals surface area contributed by atoms with E-state index in [2.05, 4.69) is 20.4 Å². The lowest BCUT2D eigenvalue weighted by atomic mass is 9.82. The second-order valence-corrected chi connectivity index (χ2v) is 10.5. The molecule has 1 heterocycles. The van der Waals surface area contributed by atoms with Crippen LogP contribution in [-0.4, -0.2) is 31.9 Å². The summed E-state index contributed by atoms with van der Waals surface area (Å²) in [6.45, 7) is 16.1. The van der Waals surface area contributed by atoms with Crippen LogP contribution in [0.25, 0.3) is 5.57 Å². The molecule has 0 amide bonds. The molecule has 0 N–H and O–H groups in total. The molecule has 0 saturated carbocycles. The fourth-order valence-corrected chi connectivity index (χ4v) is 6.88. The first kappa shape index (κ1) is 22.6. The van der Waals surface area contributed by atoms with E-state index in [1.807, 2.05) is 58.0 Å².